The third kappa shape index (κ3) is 4.88. The van der Waals surface area contributed by atoms with Crippen LogP contribution in [0.2, 0.25) is 0 Å². The van der Waals surface area contributed by atoms with Gasteiger partial charge in [0, 0.05) is 47.8 Å². The van der Waals surface area contributed by atoms with E-state index in [-0.39, 0.29) is 33.2 Å². The molecular weight excluding hydrogens is 593 g/mol. The van der Waals surface area contributed by atoms with Crippen LogP contribution in [0.15, 0.2) is 98.6 Å². The Bertz CT molecular complexity index is 2210. The molecule has 0 aliphatic carbocycles. The number of anilines is 1. The fraction of sp³-hybridized carbons (Fsp3) is 0.0968. The van der Waals surface area contributed by atoms with Gasteiger partial charge in [0.05, 0.1) is 28.1 Å². The highest BCUT2D eigenvalue weighted by atomic mass is 32.2. The van der Waals surface area contributed by atoms with E-state index in [4.69, 9.17) is 4.42 Å². The van der Waals surface area contributed by atoms with Crippen LogP contribution in [-0.2, 0) is 20.0 Å². The zero-order valence-electron chi connectivity index (χ0n) is 23.1. The third-order valence-electron chi connectivity index (χ3n) is 7.28. The quantitative estimate of drug-likeness (QED) is 0.279. The van der Waals surface area contributed by atoms with Gasteiger partial charge in [-0.05, 0) is 48.0 Å². The Hall–Kier alpha value is -4.81. The molecule has 0 fully saturated rings. The first kappa shape index (κ1) is 28.3. The van der Waals surface area contributed by atoms with Crippen molar-refractivity contribution in [2.75, 3.05) is 24.7 Å². The van der Waals surface area contributed by atoms with Crippen LogP contribution in [-0.4, -0.2) is 48.8 Å². The maximum absolute atomic E-state index is 13.7. The molecule has 0 spiro atoms. The lowest BCUT2D eigenvalue weighted by atomic mass is 9.95. The first-order chi connectivity index (χ1) is 20.4. The summed E-state index contributed by atoms with van der Waals surface area (Å²) in [7, 11) is -4.75. The van der Waals surface area contributed by atoms with E-state index in [0.29, 0.717) is 33.2 Å². The van der Waals surface area contributed by atoms with Crippen molar-refractivity contribution in [3.8, 4) is 22.5 Å². The number of rotatable bonds is 6. The fourth-order valence-corrected chi connectivity index (χ4v) is 6.85. The van der Waals surface area contributed by atoms with Crippen molar-refractivity contribution in [3.63, 3.8) is 0 Å². The van der Waals surface area contributed by atoms with Crippen LogP contribution in [0.25, 0.3) is 33.4 Å². The highest BCUT2D eigenvalue weighted by molar-refractivity contribution is 7.92. The van der Waals surface area contributed by atoms with E-state index in [1.807, 2.05) is 0 Å². The zero-order chi connectivity index (χ0) is 30.7. The van der Waals surface area contributed by atoms with Crippen molar-refractivity contribution < 1.29 is 30.4 Å². The minimum atomic E-state index is -3.87. The van der Waals surface area contributed by atoms with E-state index in [1.165, 1.54) is 50.5 Å². The number of nitrogens with one attached hydrogen (secondary N) is 1. The van der Waals surface area contributed by atoms with Crippen LogP contribution in [0.1, 0.15) is 21.5 Å². The Kier molecular flexibility index (Phi) is 6.70. The molecule has 0 saturated carbocycles. The zero-order valence-corrected chi connectivity index (χ0v) is 24.8. The summed E-state index contributed by atoms with van der Waals surface area (Å²) in [5, 5.41) is 3.01. The van der Waals surface area contributed by atoms with Gasteiger partial charge in [-0.3, -0.25) is 9.10 Å². The van der Waals surface area contributed by atoms with Crippen molar-refractivity contribution in [2.45, 2.75) is 4.90 Å². The molecule has 9 nitrogen and oxygen atoms in total. The lowest BCUT2D eigenvalue weighted by Gasteiger charge is -2.21. The van der Waals surface area contributed by atoms with Crippen LogP contribution >= 0.6 is 0 Å². The lowest BCUT2D eigenvalue weighted by molar-refractivity contribution is 0.0964. The van der Waals surface area contributed by atoms with Gasteiger partial charge in [0.1, 0.15) is 17.2 Å². The van der Waals surface area contributed by atoms with Gasteiger partial charge in [0.25, 0.3) is 15.9 Å². The number of fused-ring (bicyclic) bond motifs is 2. The molecule has 2 heterocycles. The van der Waals surface area contributed by atoms with Crippen molar-refractivity contribution in [1.29, 1.82) is 0 Å². The average Bonchev–Trinajstić information content (AvgIpc) is 3.50. The number of benzene rings is 4. The normalized spacial score (nSPS) is 13.9. The molecule has 1 aromatic heterocycles. The molecule has 0 saturated heterocycles. The summed E-state index contributed by atoms with van der Waals surface area (Å²) in [5.74, 6) is -0.720. The molecule has 1 aliphatic rings. The Morgan fingerprint density at radius 1 is 0.907 bits per heavy atom. The van der Waals surface area contributed by atoms with Crippen LogP contribution in [0.3, 0.4) is 0 Å². The van der Waals surface area contributed by atoms with Gasteiger partial charge < -0.3 is 9.73 Å². The van der Waals surface area contributed by atoms with E-state index in [1.54, 1.807) is 48.5 Å². The molecule has 6 rings (SSSR count). The molecule has 5 aromatic rings. The number of amides is 1. The molecule has 1 amide bonds. The average molecular weight is 618 g/mol. The molecule has 0 radical (unpaired) electrons. The van der Waals surface area contributed by atoms with Crippen molar-refractivity contribution in [2.24, 2.45) is 4.40 Å². The van der Waals surface area contributed by atoms with Crippen LogP contribution < -0.4 is 9.62 Å². The second-order valence-corrected chi connectivity index (χ2v) is 13.6. The molecular formula is C31H24FN3O6S2. The van der Waals surface area contributed by atoms with Gasteiger partial charge >= 0.3 is 0 Å². The predicted molar refractivity (Wildman–Crippen MR) is 163 cm³/mol. The summed E-state index contributed by atoms with van der Waals surface area (Å²) < 4.78 is 75.8. The summed E-state index contributed by atoms with van der Waals surface area (Å²) in [5.41, 5.74) is 3.36. The number of nitrogens with zero attached hydrogens (tertiary/aromatic N) is 2. The molecule has 1 aliphatic heterocycles. The molecule has 1 N–H and O–H groups in total. The minimum Gasteiger partial charge on any atom is -0.455 e. The lowest BCUT2D eigenvalue weighted by Crippen LogP contribution is -2.25. The minimum absolute atomic E-state index is 0.108. The predicted octanol–water partition coefficient (Wildman–Crippen LogP) is 5.20. The van der Waals surface area contributed by atoms with E-state index >= 15 is 0 Å². The van der Waals surface area contributed by atoms with Gasteiger partial charge in [-0.1, -0.05) is 36.4 Å². The summed E-state index contributed by atoms with van der Waals surface area (Å²) >= 11 is 0. The summed E-state index contributed by atoms with van der Waals surface area (Å²) in [6.45, 7) is 0. The van der Waals surface area contributed by atoms with E-state index in [2.05, 4.69) is 9.71 Å². The van der Waals surface area contributed by atoms with Gasteiger partial charge in [0.2, 0.25) is 10.0 Å². The summed E-state index contributed by atoms with van der Waals surface area (Å²) in [6.07, 6.45) is 1.06. The number of furan rings is 1. The maximum atomic E-state index is 13.7. The monoisotopic (exact) mass is 617 g/mol. The van der Waals surface area contributed by atoms with Gasteiger partial charge in [-0.25, -0.2) is 12.8 Å². The Morgan fingerprint density at radius 2 is 1.60 bits per heavy atom. The number of halogens is 1. The molecule has 43 heavy (non-hydrogen) atoms. The van der Waals surface area contributed by atoms with E-state index in [9.17, 15) is 26.0 Å². The second kappa shape index (κ2) is 10.2. The molecule has 12 heteroatoms. The highest BCUT2D eigenvalue weighted by Gasteiger charge is 2.30. The first-order valence-corrected chi connectivity index (χ1v) is 16.3. The second-order valence-electron chi connectivity index (χ2n) is 9.98. The fourth-order valence-electron chi connectivity index (χ4n) is 5.11. The highest BCUT2D eigenvalue weighted by Crippen LogP contribution is 2.42. The van der Waals surface area contributed by atoms with Crippen molar-refractivity contribution >= 4 is 48.3 Å². The topological polar surface area (TPSA) is 126 Å². The Balaban J connectivity index is 1.62. The SMILES string of the molecule is CNC(=O)c1c(-c2ccc(F)cc2)oc2cc(N(C)S(C)(=O)=O)c(-c3cccc(C4=NS(=O)(=O)c5ccccc54)c3)cc12. The Labute approximate surface area is 247 Å². The van der Waals surface area contributed by atoms with Crippen LogP contribution in [0.5, 0.6) is 0 Å². The molecule has 218 valence electrons. The summed E-state index contributed by atoms with van der Waals surface area (Å²) in [6, 6.07) is 22.1. The standard InChI is InChI=1S/C31H24FN3O6S2/c1-33-31(36)28-24-16-23(19-7-6-8-20(15-19)29-22-9-4-5-10-27(22)43(39,40)34-29)25(35(2)42(3,37)38)17-26(24)41-30(28)18-11-13-21(32)14-12-18/h4-17H,1-3H3,(H,33,36). The maximum Gasteiger partial charge on any atom is 0.283 e. The number of sulfonamides is 2. The van der Waals surface area contributed by atoms with Crippen molar-refractivity contribution in [1.82, 2.24) is 5.32 Å². The number of hydrogen-bond acceptors (Lipinski definition) is 6. The molecule has 0 unspecified atom stereocenters. The number of carbonyl (C=O) groups is 1. The number of carbonyl (C=O) groups excluding carboxylic acids is 1. The van der Waals surface area contributed by atoms with Gasteiger partial charge in [-0.15, -0.1) is 0 Å². The molecule has 0 bridgehead atoms. The largest absolute Gasteiger partial charge is 0.455 e. The molecule has 0 atom stereocenters. The van der Waals surface area contributed by atoms with Crippen LogP contribution in [0.4, 0.5) is 10.1 Å². The smallest absolute Gasteiger partial charge is 0.283 e. The van der Waals surface area contributed by atoms with Crippen molar-refractivity contribution in [3.05, 3.63) is 107 Å². The van der Waals surface area contributed by atoms with Crippen LogP contribution in [0, 0.1) is 5.82 Å². The number of hydrogen-bond donors (Lipinski definition) is 1. The Morgan fingerprint density at radius 3 is 2.30 bits per heavy atom. The molecule has 4 aromatic carbocycles. The third-order valence-corrected chi connectivity index (χ3v) is 9.81. The first-order valence-electron chi connectivity index (χ1n) is 13.0. The van der Waals surface area contributed by atoms with E-state index in [0.717, 1.165) is 10.6 Å². The van der Waals surface area contributed by atoms with Gasteiger partial charge in [-0.2, -0.15) is 12.8 Å². The van der Waals surface area contributed by atoms with Gasteiger partial charge in [0.15, 0.2) is 0 Å². The van der Waals surface area contributed by atoms with E-state index < -0.39 is 31.8 Å². The summed E-state index contributed by atoms with van der Waals surface area (Å²) in [4.78, 5) is 13.3.